The number of hydrogen-bond donors (Lipinski definition) is 0. The highest BCUT2D eigenvalue weighted by atomic mass is 16.1. The van der Waals surface area contributed by atoms with E-state index in [9.17, 15) is 4.79 Å². The zero-order valence-electron chi connectivity index (χ0n) is 14.7. The largest absolute Gasteiger partial charge is 0.359 e. The molecule has 0 fully saturated rings. The first kappa shape index (κ1) is 16.2. The van der Waals surface area contributed by atoms with E-state index in [0.717, 1.165) is 31.8 Å². The average molecular weight is 313 g/mol. The van der Waals surface area contributed by atoms with Crippen LogP contribution in [-0.4, -0.2) is 39.8 Å². The molecule has 2 aliphatic rings. The molecular weight excluding hydrogens is 286 g/mol. The van der Waals surface area contributed by atoms with Crippen LogP contribution < -0.4 is 0 Å². The molecular formula is C19H27N3O. The van der Waals surface area contributed by atoms with Gasteiger partial charge in [-0.2, -0.15) is 0 Å². The zero-order chi connectivity index (χ0) is 16.6. The normalized spacial score (nSPS) is 21.8. The Morgan fingerprint density at radius 1 is 1.30 bits per heavy atom. The Balaban J connectivity index is 1.87. The van der Waals surface area contributed by atoms with Gasteiger partial charge in [-0.05, 0) is 37.3 Å². The highest BCUT2D eigenvalue weighted by Crippen LogP contribution is 2.40. The fourth-order valence-corrected chi connectivity index (χ4v) is 3.68. The van der Waals surface area contributed by atoms with Crippen LogP contribution in [0, 0.1) is 5.41 Å². The van der Waals surface area contributed by atoms with Gasteiger partial charge in [-0.15, -0.1) is 0 Å². The molecule has 1 aromatic heterocycles. The lowest BCUT2D eigenvalue weighted by Gasteiger charge is -2.46. The number of hydrogen-bond acceptors (Lipinski definition) is 4. The highest BCUT2D eigenvalue weighted by Gasteiger charge is 2.38. The SMILES string of the molecule is CC(C)N1CN(Cc2cccnc2)CC2=C1CC(C)(C)CC2=O. The molecule has 0 N–H and O–H groups in total. The zero-order valence-corrected chi connectivity index (χ0v) is 14.7. The topological polar surface area (TPSA) is 36.4 Å². The minimum absolute atomic E-state index is 0.0780. The van der Waals surface area contributed by atoms with E-state index in [2.05, 4.69) is 48.5 Å². The lowest BCUT2D eigenvalue weighted by atomic mass is 9.74. The Morgan fingerprint density at radius 3 is 2.74 bits per heavy atom. The monoisotopic (exact) mass is 313 g/mol. The second-order valence-corrected chi connectivity index (χ2v) is 7.92. The van der Waals surface area contributed by atoms with Crippen LogP contribution in [0.1, 0.15) is 46.1 Å². The van der Waals surface area contributed by atoms with Gasteiger partial charge in [-0.25, -0.2) is 0 Å². The van der Waals surface area contributed by atoms with Gasteiger partial charge in [-0.3, -0.25) is 14.7 Å². The summed E-state index contributed by atoms with van der Waals surface area (Å²) in [6.07, 6.45) is 5.38. The maximum Gasteiger partial charge on any atom is 0.162 e. The van der Waals surface area contributed by atoms with Crippen molar-refractivity contribution >= 4 is 5.78 Å². The number of nitrogens with zero attached hydrogens (tertiary/aromatic N) is 3. The molecule has 23 heavy (non-hydrogen) atoms. The molecule has 0 saturated carbocycles. The van der Waals surface area contributed by atoms with E-state index >= 15 is 0 Å². The number of carbonyl (C=O) groups is 1. The van der Waals surface area contributed by atoms with E-state index in [-0.39, 0.29) is 5.41 Å². The molecule has 0 atom stereocenters. The molecule has 1 aliphatic carbocycles. The van der Waals surface area contributed by atoms with Gasteiger partial charge in [0.15, 0.2) is 5.78 Å². The number of aromatic nitrogens is 1. The second kappa shape index (κ2) is 6.08. The summed E-state index contributed by atoms with van der Waals surface area (Å²) in [6, 6.07) is 4.47. The number of rotatable bonds is 3. The molecule has 2 heterocycles. The van der Waals surface area contributed by atoms with Crippen molar-refractivity contribution in [2.24, 2.45) is 5.41 Å². The van der Waals surface area contributed by atoms with Gasteiger partial charge in [0.1, 0.15) is 0 Å². The van der Waals surface area contributed by atoms with Gasteiger partial charge in [0.05, 0.1) is 6.67 Å². The van der Waals surface area contributed by atoms with Gasteiger partial charge in [-0.1, -0.05) is 19.9 Å². The number of Topliss-reactive ketones (excluding diaryl/α,β-unsaturated/α-hetero) is 1. The summed E-state index contributed by atoms with van der Waals surface area (Å²) in [6.45, 7) is 11.3. The van der Waals surface area contributed by atoms with Gasteiger partial charge < -0.3 is 4.90 Å². The molecule has 0 radical (unpaired) electrons. The third kappa shape index (κ3) is 3.47. The Bertz CT molecular complexity index is 619. The van der Waals surface area contributed by atoms with Crippen molar-refractivity contribution in [1.82, 2.24) is 14.8 Å². The third-order valence-corrected chi connectivity index (χ3v) is 4.80. The second-order valence-electron chi connectivity index (χ2n) is 7.92. The van der Waals surface area contributed by atoms with Crippen molar-refractivity contribution in [2.75, 3.05) is 13.2 Å². The Morgan fingerprint density at radius 2 is 2.09 bits per heavy atom. The fourth-order valence-electron chi connectivity index (χ4n) is 3.68. The molecule has 4 heteroatoms. The van der Waals surface area contributed by atoms with Crippen LogP contribution in [0.5, 0.6) is 0 Å². The number of allylic oxidation sites excluding steroid dienone is 1. The van der Waals surface area contributed by atoms with Crippen molar-refractivity contribution in [2.45, 2.75) is 53.1 Å². The predicted molar refractivity (Wildman–Crippen MR) is 91.5 cm³/mol. The molecule has 3 rings (SSSR count). The van der Waals surface area contributed by atoms with E-state index in [1.54, 1.807) is 6.20 Å². The van der Waals surface area contributed by atoms with Crippen molar-refractivity contribution in [3.8, 4) is 0 Å². The quantitative estimate of drug-likeness (QED) is 0.858. The fraction of sp³-hybridized carbons (Fsp3) is 0.579. The van der Waals surface area contributed by atoms with Crippen LogP contribution in [0.15, 0.2) is 35.8 Å². The van der Waals surface area contributed by atoms with Gasteiger partial charge in [0.25, 0.3) is 0 Å². The van der Waals surface area contributed by atoms with Crippen molar-refractivity contribution < 1.29 is 4.79 Å². The van der Waals surface area contributed by atoms with Crippen LogP contribution in [0.25, 0.3) is 0 Å². The molecule has 4 nitrogen and oxygen atoms in total. The van der Waals surface area contributed by atoms with Gasteiger partial charge >= 0.3 is 0 Å². The van der Waals surface area contributed by atoms with Crippen LogP contribution in [-0.2, 0) is 11.3 Å². The van der Waals surface area contributed by atoms with Crippen LogP contribution >= 0.6 is 0 Å². The summed E-state index contributed by atoms with van der Waals surface area (Å²) in [5.41, 5.74) is 3.59. The summed E-state index contributed by atoms with van der Waals surface area (Å²) in [5.74, 6) is 0.331. The van der Waals surface area contributed by atoms with Crippen molar-refractivity contribution in [1.29, 1.82) is 0 Å². The summed E-state index contributed by atoms with van der Waals surface area (Å²) < 4.78 is 0. The average Bonchev–Trinajstić information content (AvgIpc) is 2.47. The summed E-state index contributed by atoms with van der Waals surface area (Å²) in [7, 11) is 0. The van der Waals surface area contributed by atoms with E-state index in [1.165, 1.54) is 11.3 Å². The first-order valence-corrected chi connectivity index (χ1v) is 8.49. The molecule has 124 valence electrons. The summed E-state index contributed by atoms with van der Waals surface area (Å²) in [4.78, 5) is 21.7. The minimum Gasteiger partial charge on any atom is -0.359 e. The Labute approximate surface area is 139 Å². The smallest absolute Gasteiger partial charge is 0.162 e. The van der Waals surface area contributed by atoms with Crippen LogP contribution in [0.3, 0.4) is 0 Å². The lowest BCUT2D eigenvalue weighted by molar-refractivity contribution is -0.119. The molecule has 0 aromatic carbocycles. The van der Waals surface area contributed by atoms with Gasteiger partial charge in [0.2, 0.25) is 0 Å². The third-order valence-electron chi connectivity index (χ3n) is 4.80. The number of carbonyl (C=O) groups excluding carboxylic acids is 1. The maximum atomic E-state index is 12.7. The maximum absolute atomic E-state index is 12.7. The minimum atomic E-state index is 0.0780. The Kier molecular flexibility index (Phi) is 4.28. The molecule has 0 bridgehead atoms. The number of pyridine rings is 1. The standard InChI is InChI=1S/C19H27N3O/c1-14(2)22-13-21(11-15-6-5-7-20-10-15)12-16-17(22)8-19(3,4)9-18(16)23/h5-7,10,14H,8-9,11-13H2,1-4H3. The lowest BCUT2D eigenvalue weighted by Crippen LogP contribution is -2.50. The molecule has 0 unspecified atom stereocenters. The van der Waals surface area contributed by atoms with E-state index in [0.29, 0.717) is 18.2 Å². The molecule has 0 spiro atoms. The highest BCUT2D eigenvalue weighted by molar-refractivity contribution is 5.98. The van der Waals surface area contributed by atoms with Crippen LogP contribution in [0.2, 0.25) is 0 Å². The van der Waals surface area contributed by atoms with Crippen LogP contribution in [0.4, 0.5) is 0 Å². The first-order valence-electron chi connectivity index (χ1n) is 8.49. The van der Waals surface area contributed by atoms with Gasteiger partial charge in [0, 0.05) is 49.2 Å². The molecule has 1 aromatic rings. The predicted octanol–water partition coefficient (Wildman–Crippen LogP) is 3.21. The molecule has 1 aliphatic heterocycles. The van der Waals surface area contributed by atoms with E-state index in [4.69, 9.17) is 0 Å². The summed E-state index contributed by atoms with van der Waals surface area (Å²) in [5, 5.41) is 0. The molecule has 0 amide bonds. The summed E-state index contributed by atoms with van der Waals surface area (Å²) >= 11 is 0. The molecule has 0 saturated heterocycles. The van der Waals surface area contributed by atoms with E-state index < -0.39 is 0 Å². The first-order chi connectivity index (χ1) is 10.9. The van der Waals surface area contributed by atoms with Crippen molar-refractivity contribution in [3.63, 3.8) is 0 Å². The van der Waals surface area contributed by atoms with E-state index in [1.807, 2.05) is 12.3 Å². The Hall–Kier alpha value is -1.68. The number of ketones is 1. The van der Waals surface area contributed by atoms with Crippen molar-refractivity contribution in [3.05, 3.63) is 41.4 Å².